The molecule has 0 saturated heterocycles. The summed E-state index contributed by atoms with van der Waals surface area (Å²) in [4.78, 5) is 12.5. The van der Waals surface area contributed by atoms with Gasteiger partial charge < -0.3 is 14.2 Å². The van der Waals surface area contributed by atoms with Gasteiger partial charge in [-0.05, 0) is 54.8 Å². The summed E-state index contributed by atoms with van der Waals surface area (Å²) in [6.07, 6.45) is 1.49. The Morgan fingerprint density at radius 2 is 1.84 bits per heavy atom. The van der Waals surface area contributed by atoms with Gasteiger partial charge in [0.15, 0.2) is 11.5 Å². The summed E-state index contributed by atoms with van der Waals surface area (Å²) in [5.74, 6) is 1.07. The molecule has 6 nitrogen and oxygen atoms in total. The third kappa shape index (κ3) is 6.02. The van der Waals surface area contributed by atoms with Gasteiger partial charge in [-0.25, -0.2) is 5.43 Å². The summed E-state index contributed by atoms with van der Waals surface area (Å²) >= 11 is 6.46. The van der Waals surface area contributed by atoms with E-state index in [2.05, 4.69) is 10.5 Å². The topological polar surface area (TPSA) is 69.2 Å². The molecule has 0 radical (unpaired) electrons. The van der Waals surface area contributed by atoms with Crippen LogP contribution in [0, 0.1) is 6.92 Å². The van der Waals surface area contributed by atoms with Crippen molar-refractivity contribution in [3.63, 3.8) is 0 Å². The Kier molecular flexibility index (Phi) is 8.11. The summed E-state index contributed by atoms with van der Waals surface area (Å²) in [5.41, 5.74) is 5.57. The molecule has 0 fully saturated rings. The molecular weight excluding hydrogens is 428 g/mol. The van der Waals surface area contributed by atoms with Gasteiger partial charge in [0, 0.05) is 0 Å². The minimum atomic E-state index is -0.378. The first-order valence-electron chi connectivity index (χ1n) is 10.1. The molecule has 0 aliphatic carbocycles. The molecule has 0 unspecified atom stereocenters. The number of hydrogen-bond acceptors (Lipinski definition) is 5. The second-order valence-corrected chi connectivity index (χ2v) is 7.35. The molecule has 0 aliphatic rings. The van der Waals surface area contributed by atoms with Gasteiger partial charge >= 0.3 is 0 Å². The lowest BCUT2D eigenvalue weighted by Gasteiger charge is -2.14. The van der Waals surface area contributed by atoms with Crippen molar-refractivity contribution in [1.29, 1.82) is 0 Å². The molecule has 0 spiro atoms. The van der Waals surface area contributed by atoms with Crippen LogP contribution in [0.1, 0.15) is 34.0 Å². The fraction of sp³-hybridized carbons (Fsp3) is 0.200. The number of benzene rings is 3. The minimum absolute atomic E-state index is 0.364. The van der Waals surface area contributed by atoms with Crippen LogP contribution in [0.5, 0.6) is 17.2 Å². The van der Waals surface area contributed by atoms with Crippen molar-refractivity contribution >= 4 is 23.7 Å². The van der Waals surface area contributed by atoms with Crippen molar-refractivity contribution in [2.75, 3.05) is 13.7 Å². The highest BCUT2D eigenvalue weighted by molar-refractivity contribution is 6.32. The number of ether oxygens (including phenoxy) is 3. The van der Waals surface area contributed by atoms with Gasteiger partial charge in [0.2, 0.25) is 0 Å². The maximum absolute atomic E-state index is 12.5. The zero-order valence-corrected chi connectivity index (χ0v) is 19.0. The smallest absolute Gasteiger partial charge is 0.275 e. The quantitative estimate of drug-likeness (QED) is 0.348. The molecule has 0 heterocycles. The average Bonchev–Trinajstić information content (AvgIpc) is 2.79. The predicted octanol–water partition coefficient (Wildman–Crippen LogP) is 5.40. The van der Waals surface area contributed by atoms with Crippen molar-refractivity contribution in [2.45, 2.75) is 20.5 Å². The van der Waals surface area contributed by atoms with E-state index < -0.39 is 0 Å². The number of amides is 1. The number of carbonyl (C=O) groups is 1. The van der Waals surface area contributed by atoms with Crippen LogP contribution in [0.25, 0.3) is 0 Å². The molecule has 0 bridgehead atoms. The summed E-state index contributed by atoms with van der Waals surface area (Å²) in [6.45, 7) is 4.62. The van der Waals surface area contributed by atoms with E-state index in [0.29, 0.717) is 46.6 Å². The Labute approximate surface area is 192 Å². The maximum atomic E-state index is 12.5. The largest absolute Gasteiger partial charge is 0.496 e. The molecular formula is C25H25ClN2O4. The number of methoxy groups -OCH3 is 1. The van der Waals surface area contributed by atoms with E-state index in [-0.39, 0.29) is 5.91 Å². The van der Waals surface area contributed by atoms with Crippen LogP contribution >= 0.6 is 11.6 Å². The zero-order valence-electron chi connectivity index (χ0n) is 18.2. The van der Waals surface area contributed by atoms with E-state index in [1.165, 1.54) is 13.3 Å². The molecule has 3 aromatic carbocycles. The van der Waals surface area contributed by atoms with E-state index in [4.69, 9.17) is 25.8 Å². The van der Waals surface area contributed by atoms with Crippen LogP contribution in [0.3, 0.4) is 0 Å². The summed E-state index contributed by atoms with van der Waals surface area (Å²) in [6, 6.07) is 18.6. The second-order valence-electron chi connectivity index (χ2n) is 6.94. The highest BCUT2D eigenvalue weighted by atomic mass is 35.5. The van der Waals surface area contributed by atoms with E-state index in [1.807, 2.05) is 50.2 Å². The highest BCUT2D eigenvalue weighted by Crippen LogP contribution is 2.37. The summed E-state index contributed by atoms with van der Waals surface area (Å²) < 4.78 is 16.9. The first-order chi connectivity index (χ1) is 15.5. The van der Waals surface area contributed by atoms with Gasteiger partial charge in [0.05, 0.1) is 30.5 Å². The van der Waals surface area contributed by atoms with E-state index >= 15 is 0 Å². The van der Waals surface area contributed by atoms with E-state index in [9.17, 15) is 4.79 Å². The lowest BCUT2D eigenvalue weighted by Crippen LogP contribution is -2.18. The van der Waals surface area contributed by atoms with E-state index in [0.717, 1.165) is 11.1 Å². The number of nitrogens with one attached hydrogen (secondary N) is 1. The fourth-order valence-electron chi connectivity index (χ4n) is 3.01. The summed E-state index contributed by atoms with van der Waals surface area (Å²) in [7, 11) is 1.52. The number of nitrogens with zero attached hydrogens (tertiary/aromatic N) is 1. The number of carbonyl (C=O) groups excluding carboxylic acids is 1. The Bertz CT molecular complexity index is 1100. The monoisotopic (exact) mass is 452 g/mol. The Balaban J connectivity index is 1.73. The first kappa shape index (κ1) is 23.2. The van der Waals surface area contributed by atoms with Crippen LogP contribution in [-0.2, 0) is 6.61 Å². The van der Waals surface area contributed by atoms with Crippen molar-refractivity contribution in [1.82, 2.24) is 5.43 Å². The average molecular weight is 453 g/mol. The number of rotatable bonds is 9. The highest BCUT2D eigenvalue weighted by Gasteiger charge is 2.14. The lowest BCUT2D eigenvalue weighted by molar-refractivity contribution is 0.0952. The fourth-order valence-corrected chi connectivity index (χ4v) is 3.28. The molecule has 3 rings (SSSR count). The number of hydrazone groups is 1. The maximum Gasteiger partial charge on any atom is 0.275 e. The van der Waals surface area contributed by atoms with Crippen LogP contribution < -0.4 is 19.6 Å². The Hall–Kier alpha value is -3.51. The Morgan fingerprint density at radius 1 is 1.06 bits per heavy atom. The van der Waals surface area contributed by atoms with Gasteiger partial charge in [-0.15, -0.1) is 0 Å². The molecule has 0 aliphatic heterocycles. The zero-order chi connectivity index (χ0) is 22.9. The first-order valence-corrected chi connectivity index (χ1v) is 10.5. The van der Waals surface area contributed by atoms with Gasteiger partial charge in [-0.3, -0.25) is 4.79 Å². The lowest BCUT2D eigenvalue weighted by atomic mass is 10.1. The van der Waals surface area contributed by atoms with Crippen LogP contribution in [0.4, 0.5) is 0 Å². The molecule has 3 aromatic rings. The Morgan fingerprint density at radius 3 is 2.56 bits per heavy atom. The number of hydrogen-bond donors (Lipinski definition) is 1. The normalized spacial score (nSPS) is 10.8. The standard InChI is InChI=1S/C25H25ClN2O4/c1-4-31-23-14-19(13-21(26)24(23)32-16-18-8-6-5-7-9-18)15-27-28-25(29)20-11-10-17(2)12-22(20)30-3/h5-15H,4,16H2,1-3H3,(H,28,29)/b27-15-. The molecule has 0 saturated carbocycles. The molecule has 0 atom stereocenters. The molecule has 0 aromatic heterocycles. The van der Waals surface area contributed by atoms with Crippen LogP contribution in [-0.4, -0.2) is 25.8 Å². The molecule has 166 valence electrons. The van der Waals surface area contributed by atoms with Crippen molar-refractivity contribution in [2.24, 2.45) is 5.10 Å². The second kappa shape index (κ2) is 11.2. The third-order valence-electron chi connectivity index (χ3n) is 4.54. The van der Waals surface area contributed by atoms with Gasteiger partial charge in [0.25, 0.3) is 5.91 Å². The SMILES string of the molecule is CCOc1cc(/C=N\NC(=O)c2ccc(C)cc2OC)cc(Cl)c1OCc1ccccc1. The van der Waals surface area contributed by atoms with E-state index in [1.54, 1.807) is 24.3 Å². The van der Waals surface area contributed by atoms with Crippen LogP contribution in [0.15, 0.2) is 65.8 Å². The molecule has 1 N–H and O–H groups in total. The number of aryl methyl sites for hydroxylation is 1. The van der Waals surface area contributed by atoms with Crippen LogP contribution in [0.2, 0.25) is 5.02 Å². The van der Waals surface area contributed by atoms with Gasteiger partial charge in [0.1, 0.15) is 12.4 Å². The van der Waals surface area contributed by atoms with Crippen molar-refractivity contribution < 1.29 is 19.0 Å². The number of halogens is 1. The van der Waals surface area contributed by atoms with Gasteiger partial charge in [-0.1, -0.05) is 48.0 Å². The molecule has 1 amide bonds. The van der Waals surface area contributed by atoms with Crippen molar-refractivity contribution in [3.8, 4) is 17.2 Å². The summed E-state index contributed by atoms with van der Waals surface area (Å²) in [5, 5.41) is 4.43. The minimum Gasteiger partial charge on any atom is -0.496 e. The van der Waals surface area contributed by atoms with Crippen molar-refractivity contribution in [3.05, 3.63) is 87.9 Å². The molecule has 32 heavy (non-hydrogen) atoms. The predicted molar refractivity (Wildman–Crippen MR) is 126 cm³/mol. The third-order valence-corrected chi connectivity index (χ3v) is 4.82. The molecule has 7 heteroatoms. The van der Waals surface area contributed by atoms with Gasteiger partial charge in [-0.2, -0.15) is 5.10 Å².